The molecule has 2 aliphatic heterocycles. The van der Waals surface area contributed by atoms with Gasteiger partial charge in [-0.25, -0.2) is 4.79 Å². The summed E-state index contributed by atoms with van der Waals surface area (Å²) in [6, 6.07) is 13.4. The molecule has 0 atom stereocenters. The summed E-state index contributed by atoms with van der Waals surface area (Å²) in [7, 11) is 0. The van der Waals surface area contributed by atoms with Crippen LogP contribution in [0.15, 0.2) is 54.9 Å². The van der Waals surface area contributed by atoms with Crippen LogP contribution >= 0.6 is 0 Å². The molecule has 2 amide bonds. The van der Waals surface area contributed by atoms with Crippen molar-refractivity contribution in [1.82, 2.24) is 14.8 Å². The van der Waals surface area contributed by atoms with Gasteiger partial charge in [0, 0.05) is 50.6 Å². The van der Waals surface area contributed by atoms with Gasteiger partial charge in [0.25, 0.3) is 5.91 Å². The maximum absolute atomic E-state index is 12.7. The number of alkyl halides is 3. The van der Waals surface area contributed by atoms with Crippen molar-refractivity contribution < 1.29 is 32.7 Å². The molecule has 7 nitrogen and oxygen atoms in total. The SMILES string of the molecule is O=C(O)C(F)(F)F.O=C1CCC2(CCN(C(=O)c3ccccc3)CC2)CN1Cc1ccncc1. The number of piperidine rings is 2. The van der Waals surface area contributed by atoms with Crippen molar-refractivity contribution in [1.29, 1.82) is 0 Å². The third-order valence-corrected chi connectivity index (χ3v) is 6.25. The van der Waals surface area contributed by atoms with E-state index in [4.69, 9.17) is 9.90 Å². The summed E-state index contributed by atoms with van der Waals surface area (Å²) in [4.78, 5) is 42.0. The van der Waals surface area contributed by atoms with Crippen molar-refractivity contribution in [2.24, 2.45) is 5.41 Å². The molecule has 1 aromatic carbocycles. The third-order valence-electron chi connectivity index (χ3n) is 6.25. The fraction of sp³-hybridized carbons (Fsp3) is 0.417. The minimum absolute atomic E-state index is 0.117. The second kappa shape index (κ2) is 10.7. The van der Waals surface area contributed by atoms with E-state index in [2.05, 4.69) is 4.98 Å². The van der Waals surface area contributed by atoms with Crippen molar-refractivity contribution >= 4 is 17.8 Å². The highest BCUT2D eigenvalue weighted by molar-refractivity contribution is 5.94. The lowest BCUT2D eigenvalue weighted by Crippen LogP contribution is -2.52. The largest absolute Gasteiger partial charge is 0.490 e. The molecule has 2 aliphatic rings. The summed E-state index contributed by atoms with van der Waals surface area (Å²) < 4.78 is 31.7. The van der Waals surface area contributed by atoms with Crippen LogP contribution < -0.4 is 0 Å². The predicted octanol–water partition coefficient (Wildman–Crippen LogP) is 3.76. The van der Waals surface area contributed by atoms with Crippen LogP contribution in [0, 0.1) is 5.41 Å². The van der Waals surface area contributed by atoms with Crippen LogP contribution in [-0.2, 0) is 16.1 Å². The van der Waals surface area contributed by atoms with E-state index in [1.54, 1.807) is 12.4 Å². The van der Waals surface area contributed by atoms with E-state index in [1.807, 2.05) is 52.3 Å². The molecule has 4 rings (SSSR count). The quantitative estimate of drug-likeness (QED) is 0.727. The van der Waals surface area contributed by atoms with Crippen molar-refractivity contribution in [2.45, 2.75) is 38.4 Å². The Bertz CT molecular complexity index is 992. The highest BCUT2D eigenvalue weighted by atomic mass is 19.4. The van der Waals surface area contributed by atoms with Gasteiger partial charge in [-0.15, -0.1) is 0 Å². The molecule has 0 saturated carbocycles. The zero-order chi connectivity index (χ0) is 24.8. The number of carbonyl (C=O) groups excluding carboxylic acids is 2. The summed E-state index contributed by atoms with van der Waals surface area (Å²) in [6.07, 6.45) is 1.93. The number of benzene rings is 1. The highest BCUT2D eigenvalue weighted by Crippen LogP contribution is 2.40. The normalized spacial score (nSPS) is 17.7. The average molecular weight is 477 g/mol. The first-order valence-electron chi connectivity index (χ1n) is 10.9. The lowest BCUT2D eigenvalue weighted by atomic mass is 9.72. The van der Waals surface area contributed by atoms with Gasteiger partial charge in [-0.2, -0.15) is 13.2 Å². The smallest absolute Gasteiger partial charge is 0.475 e. The van der Waals surface area contributed by atoms with E-state index in [0.717, 1.165) is 50.0 Å². The van der Waals surface area contributed by atoms with E-state index in [-0.39, 0.29) is 17.2 Å². The van der Waals surface area contributed by atoms with Crippen molar-refractivity contribution in [3.63, 3.8) is 0 Å². The molecular weight excluding hydrogens is 451 g/mol. The lowest BCUT2D eigenvalue weighted by molar-refractivity contribution is -0.192. The molecule has 2 saturated heterocycles. The van der Waals surface area contributed by atoms with Crippen LogP contribution in [0.4, 0.5) is 13.2 Å². The number of carboxylic acids is 1. The number of likely N-dealkylation sites (tertiary alicyclic amines) is 2. The minimum atomic E-state index is -5.08. The van der Waals surface area contributed by atoms with E-state index < -0.39 is 12.1 Å². The van der Waals surface area contributed by atoms with Gasteiger partial charge in [-0.1, -0.05) is 18.2 Å². The van der Waals surface area contributed by atoms with Crippen LogP contribution in [0.1, 0.15) is 41.6 Å². The first-order valence-corrected chi connectivity index (χ1v) is 10.9. The molecule has 2 fully saturated rings. The van der Waals surface area contributed by atoms with Gasteiger partial charge in [0.05, 0.1) is 0 Å². The van der Waals surface area contributed by atoms with Gasteiger partial charge in [0.2, 0.25) is 5.91 Å². The summed E-state index contributed by atoms with van der Waals surface area (Å²) in [5, 5.41) is 7.12. The Hall–Kier alpha value is -3.43. The van der Waals surface area contributed by atoms with Gasteiger partial charge >= 0.3 is 12.1 Å². The highest BCUT2D eigenvalue weighted by Gasteiger charge is 2.41. The first-order chi connectivity index (χ1) is 16.1. The van der Waals surface area contributed by atoms with Crippen LogP contribution in [0.2, 0.25) is 0 Å². The Morgan fingerprint density at radius 3 is 2.15 bits per heavy atom. The molecule has 0 radical (unpaired) electrons. The van der Waals surface area contributed by atoms with Crippen LogP contribution in [0.5, 0.6) is 0 Å². The number of carbonyl (C=O) groups is 3. The molecule has 0 aliphatic carbocycles. The van der Waals surface area contributed by atoms with Crippen molar-refractivity contribution in [3.8, 4) is 0 Å². The zero-order valence-corrected chi connectivity index (χ0v) is 18.5. The molecule has 10 heteroatoms. The third kappa shape index (κ3) is 6.55. The number of aliphatic carboxylic acids is 1. The van der Waals surface area contributed by atoms with Crippen molar-refractivity contribution in [2.75, 3.05) is 19.6 Å². The summed E-state index contributed by atoms with van der Waals surface area (Å²) in [6.45, 7) is 2.98. The number of pyridine rings is 1. The maximum Gasteiger partial charge on any atom is 0.490 e. The number of halogens is 3. The molecule has 1 N–H and O–H groups in total. The Morgan fingerprint density at radius 1 is 1.00 bits per heavy atom. The fourth-order valence-corrected chi connectivity index (χ4v) is 4.31. The number of amides is 2. The Balaban J connectivity index is 0.000000406. The standard InChI is InChI=1S/C22H25N3O2.C2HF3O2/c26-20-6-9-22(17-25(20)16-18-7-12-23-13-8-18)10-14-24(15-11-22)21(27)19-4-2-1-3-5-19;3-2(4,5)1(6)7/h1-5,7-8,12-13H,6,9-11,14-17H2;(H,6,7). The number of hydrogen-bond donors (Lipinski definition) is 1. The fourth-order valence-electron chi connectivity index (χ4n) is 4.31. The van der Waals surface area contributed by atoms with E-state index in [0.29, 0.717) is 13.0 Å². The molecule has 2 aromatic rings. The monoisotopic (exact) mass is 477 g/mol. The predicted molar refractivity (Wildman–Crippen MR) is 117 cm³/mol. The minimum Gasteiger partial charge on any atom is -0.475 e. The molecule has 0 unspecified atom stereocenters. The van der Waals surface area contributed by atoms with Gasteiger partial charge in [0.1, 0.15) is 0 Å². The first kappa shape index (κ1) is 25.2. The summed E-state index contributed by atoms with van der Waals surface area (Å²) >= 11 is 0. The number of carboxylic acid groups (broad SMARTS) is 1. The van der Waals surface area contributed by atoms with Crippen LogP contribution in [0.25, 0.3) is 0 Å². The van der Waals surface area contributed by atoms with Crippen LogP contribution in [-0.4, -0.2) is 63.5 Å². The number of aromatic nitrogens is 1. The van der Waals surface area contributed by atoms with Crippen molar-refractivity contribution in [3.05, 3.63) is 66.0 Å². The van der Waals surface area contributed by atoms with Crippen LogP contribution in [0.3, 0.4) is 0 Å². The van der Waals surface area contributed by atoms with Gasteiger partial charge < -0.3 is 14.9 Å². The molecule has 3 heterocycles. The molecule has 1 spiro atoms. The van der Waals surface area contributed by atoms with E-state index in [1.165, 1.54) is 0 Å². The summed E-state index contributed by atoms with van der Waals surface area (Å²) in [5.41, 5.74) is 2.02. The molecule has 0 bridgehead atoms. The molecule has 182 valence electrons. The second-order valence-corrected chi connectivity index (χ2v) is 8.57. The number of rotatable bonds is 3. The lowest BCUT2D eigenvalue weighted by Gasteiger charge is -2.47. The van der Waals surface area contributed by atoms with Gasteiger partial charge in [-0.3, -0.25) is 14.6 Å². The van der Waals surface area contributed by atoms with E-state index >= 15 is 0 Å². The zero-order valence-electron chi connectivity index (χ0n) is 18.5. The second-order valence-electron chi connectivity index (χ2n) is 8.57. The summed E-state index contributed by atoms with van der Waals surface area (Å²) in [5.74, 6) is -2.40. The number of hydrogen-bond acceptors (Lipinski definition) is 4. The molecule has 34 heavy (non-hydrogen) atoms. The molecule has 1 aromatic heterocycles. The topological polar surface area (TPSA) is 90.8 Å². The maximum atomic E-state index is 12.7. The average Bonchev–Trinajstić information content (AvgIpc) is 2.83. The Morgan fingerprint density at radius 2 is 1.59 bits per heavy atom. The Kier molecular flexibility index (Phi) is 7.90. The Labute approximate surface area is 195 Å². The van der Waals surface area contributed by atoms with E-state index in [9.17, 15) is 22.8 Å². The molecular formula is C24H26F3N3O4. The van der Waals surface area contributed by atoms with Gasteiger partial charge in [0.15, 0.2) is 0 Å². The number of nitrogens with zero attached hydrogens (tertiary/aromatic N) is 3. The van der Waals surface area contributed by atoms with Gasteiger partial charge in [-0.05, 0) is 54.5 Å².